The van der Waals surface area contributed by atoms with Crippen molar-refractivity contribution in [2.75, 3.05) is 6.61 Å². The van der Waals surface area contributed by atoms with Crippen LogP contribution < -0.4 is 4.74 Å². The number of rotatable bonds is 5. The quantitative estimate of drug-likeness (QED) is 0.857. The van der Waals surface area contributed by atoms with Gasteiger partial charge in [0.2, 0.25) is 5.88 Å². The third-order valence-electron chi connectivity index (χ3n) is 2.41. The molecule has 3 nitrogen and oxygen atoms in total. The lowest BCUT2D eigenvalue weighted by molar-refractivity contribution is 0.288. The number of benzene rings is 1. The molecule has 0 amide bonds. The van der Waals surface area contributed by atoms with Crippen molar-refractivity contribution in [3.05, 3.63) is 54.2 Å². The van der Waals surface area contributed by atoms with Gasteiger partial charge in [-0.1, -0.05) is 18.2 Å². The van der Waals surface area contributed by atoms with Crippen LogP contribution in [-0.4, -0.2) is 16.7 Å². The number of aryl methyl sites for hydroxylation is 1. The summed E-state index contributed by atoms with van der Waals surface area (Å²) in [6.07, 6.45) is 3.38. The highest BCUT2D eigenvalue weighted by molar-refractivity contribution is 5.30. The molecular weight excluding hydrogens is 214 g/mol. The van der Waals surface area contributed by atoms with Crippen LogP contribution in [0.5, 0.6) is 11.6 Å². The second-order valence-electron chi connectivity index (χ2n) is 3.74. The SMILES string of the molecule is OCCCc1ccc(Oc2ccccn2)cc1. The van der Waals surface area contributed by atoms with Gasteiger partial charge in [0.1, 0.15) is 5.75 Å². The summed E-state index contributed by atoms with van der Waals surface area (Å²) in [7, 11) is 0. The van der Waals surface area contributed by atoms with Crippen LogP contribution in [0.15, 0.2) is 48.7 Å². The second-order valence-corrected chi connectivity index (χ2v) is 3.74. The Labute approximate surface area is 101 Å². The first kappa shape index (κ1) is 11.6. The van der Waals surface area contributed by atoms with Crippen molar-refractivity contribution in [3.8, 4) is 11.6 Å². The number of hydrogen-bond donors (Lipinski definition) is 1. The van der Waals surface area contributed by atoms with E-state index in [4.69, 9.17) is 9.84 Å². The van der Waals surface area contributed by atoms with Crippen molar-refractivity contribution in [1.29, 1.82) is 0 Å². The van der Waals surface area contributed by atoms with Crippen molar-refractivity contribution in [2.24, 2.45) is 0 Å². The molecule has 0 saturated carbocycles. The zero-order valence-corrected chi connectivity index (χ0v) is 9.54. The summed E-state index contributed by atoms with van der Waals surface area (Å²) in [6.45, 7) is 0.228. The molecule has 3 heteroatoms. The van der Waals surface area contributed by atoms with Crippen LogP contribution in [-0.2, 0) is 6.42 Å². The van der Waals surface area contributed by atoms with Gasteiger partial charge >= 0.3 is 0 Å². The monoisotopic (exact) mass is 229 g/mol. The predicted molar refractivity (Wildman–Crippen MR) is 66.2 cm³/mol. The first-order valence-corrected chi connectivity index (χ1v) is 5.67. The third kappa shape index (κ3) is 3.57. The summed E-state index contributed by atoms with van der Waals surface area (Å²) in [6, 6.07) is 13.4. The zero-order chi connectivity index (χ0) is 11.9. The molecule has 0 radical (unpaired) electrons. The summed E-state index contributed by atoms with van der Waals surface area (Å²) in [4.78, 5) is 4.09. The summed E-state index contributed by atoms with van der Waals surface area (Å²) < 4.78 is 5.58. The molecule has 1 aromatic heterocycles. The van der Waals surface area contributed by atoms with Crippen LogP contribution in [0, 0.1) is 0 Å². The number of nitrogens with zero attached hydrogens (tertiary/aromatic N) is 1. The summed E-state index contributed by atoms with van der Waals surface area (Å²) in [5.74, 6) is 1.37. The molecule has 0 saturated heterocycles. The Kier molecular flexibility index (Phi) is 4.11. The van der Waals surface area contributed by atoms with Gasteiger partial charge in [0.15, 0.2) is 0 Å². The van der Waals surface area contributed by atoms with Gasteiger partial charge in [-0.05, 0) is 36.6 Å². The van der Waals surface area contributed by atoms with E-state index in [0.29, 0.717) is 5.88 Å². The minimum absolute atomic E-state index is 0.228. The molecule has 0 aliphatic rings. The maximum Gasteiger partial charge on any atom is 0.219 e. The van der Waals surface area contributed by atoms with Gasteiger partial charge in [-0.3, -0.25) is 0 Å². The first-order valence-electron chi connectivity index (χ1n) is 5.67. The van der Waals surface area contributed by atoms with E-state index in [1.807, 2.05) is 42.5 Å². The van der Waals surface area contributed by atoms with E-state index in [9.17, 15) is 0 Å². The number of aliphatic hydroxyl groups excluding tert-OH is 1. The smallest absolute Gasteiger partial charge is 0.219 e. The number of aromatic nitrogens is 1. The second kappa shape index (κ2) is 6.01. The van der Waals surface area contributed by atoms with E-state index in [0.717, 1.165) is 18.6 Å². The summed E-state index contributed by atoms with van der Waals surface area (Å²) in [5, 5.41) is 8.74. The molecule has 0 spiro atoms. The van der Waals surface area contributed by atoms with E-state index in [1.165, 1.54) is 5.56 Å². The van der Waals surface area contributed by atoms with Crippen LogP contribution in [0.2, 0.25) is 0 Å². The van der Waals surface area contributed by atoms with E-state index in [2.05, 4.69) is 4.98 Å². The molecule has 0 bridgehead atoms. The maximum absolute atomic E-state index is 8.74. The highest BCUT2D eigenvalue weighted by Crippen LogP contribution is 2.19. The highest BCUT2D eigenvalue weighted by Gasteiger charge is 1.98. The number of aliphatic hydroxyl groups is 1. The topological polar surface area (TPSA) is 42.4 Å². The minimum atomic E-state index is 0.228. The molecule has 1 aromatic carbocycles. The molecule has 88 valence electrons. The van der Waals surface area contributed by atoms with Crippen molar-refractivity contribution in [3.63, 3.8) is 0 Å². The summed E-state index contributed by atoms with van der Waals surface area (Å²) in [5.41, 5.74) is 1.20. The largest absolute Gasteiger partial charge is 0.439 e. The van der Waals surface area contributed by atoms with Crippen molar-refractivity contribution >= 4 is 0 Å². The Balaban J connectivity index is 1.98. The standard InChI is InChI=1S/C14H15NO2/c16-11-3-4-12-6-8-13(9-7-12)17-14-5-1-2-10-15-14/h1-2,5-10,16H,3-4,11H2. The molecule has 2 rings (SSSR count). The van der Waals surface area contributed by atoms with E-state index in [1.54, 1.807) is 6.20 Å². The highest BCUT2D eigenvalue weighted by atomic mass is 16.5. The maximum atomic E-state index is 8.74. The number of hydrogen-bond acceptors (Lipinski definition) is 3. The molecule has 2 aromatic rings. The zero-order valence-electron chi connectivity index (χ0n) is 9.54. The van der Waals surface area contributed by atoms with Gasteiger partial charge in [0.25, 0.3) is 0 Å². The average molecular weight is 229 g/mol. The Morgan fingerprint density at radius 2 is 1.88 bits per heavy atom. The van der Waals surface area contributed by atoms with Crippen LogP contribution in [0.4, 0.5) is 0 Å². The number of pyridine rings is 1. The van der Waals surface area contributed by atoms with Crippen molar-refractivity contribution in [1.82, 2.24) is 4.98 Å². The molecular formula is C14H15NO2. The Morgan fingerprint density at radius 3 is 2.53 bits per heavy atom. The molecule has 1 N–H and O–H groups in total. The average Bonchev–Trinajstić information content (AvgIpc) is 2.39. The normalized spacial score (nSPS) is 10.2. The molecule has 0 aliphatic carbocycles. The lowest BCUT2D eigenvalue weighted by Gasteiger charge is -2.05. The van der Waals surface area contributed by atoms with Gasteiger partial charge < -0.3 is 9.84 Å². The van der Waals surface area contributed by atoms with Gasteiger partial charge in [-0.25, -0.2) is 4.98 Å². The molecule has 17 heavy (non-hydrogen) atoms. The van der Waals surface area contributed by atoms with E-state index >= 15 is 0 Å². The Hall–Kier alpha value is -1.87. The predicted octanol–water partition coefficient (Wildman–Crippen LogP) is 2.80. The van der Waals surface area contributed by atoms with Crippen LogP contribution in [0.3, 0.4) is 0 Å². The van der Waals surface area contributed by atoms with Crippen molar-refractivity contribution < 1.29 is 9.84 Å². The van der Waals surface area contributed by atoms with Crippen molar-refractivity contribution in [2.45, 2.75) is 12.8 Å². The van der Waals surface area contributed by atoms with Crippen LogP contribution in [0.25, 0.3) is 0 Å². The van der Waals surface area contributed by atoms with Gasteiger partial charge in [-0.2, -0.15) is 0 Å². The molecule has 0 fully saturated rings. The lowest BCUT2D eigenvalue weighted by Crippen LogP contribution is -1.90. The Morgan fingerprint density at radius 1 is 1.06 bits per heavy atom. The number of ether oxygens (including phenoxy) is 1. The van der Waals surface area contributed by atoms with Gasteiger partial charge in [0, 0.05) is 18.9 Å². The molecule has 0 unspecified atom stereocenters. The van der Waals surface area contributed by atoms with Gasteiger partial charge in [0.05, 0.1) is 0 Å². The Bertz CT molecular complexity index is 440. The summed E-state index contributed by atoms with van der Waals surface area (Å²) >= 11 is 0. The van der Waals surface area contributed by atoms with Crippen LogP contribution in [0.1, 0.15) is 12.0 Å². The first-order chi connectivity index (χ1) is 8.38. The van der Waals surface area contributed by atoms with Gasteiger partial charge in [-0.15, -0.1) is 0 Å². The molecule has 1 heterocycles. The van der Waals surface area contributed by atoms with E-state index in [-0.39, 0.29) is 6.61 Å². The third-order valence-corrected chi connectivity index (χ3v) is 2.41. The van der Waals surface area contributed by atoms with Crippen LogP contribution >= 0.6 is 0 Å². The lowest BCUT2D eigenvalue weighted by atomic mass is 10.1. The molecule has 0 aliphatic heterocycles. The van der Waals surface area contributed by atoms with E-state index < -0.39 is 0 Å². The molecule has 0 atom stereocenters. The fourth-order valence-corrected chi connectivity index (χ4v) is 1.54. The fourth-order valence-electron chi connectivity index (χ4n) is 1.54. The minimum Gasteiger partial charge on any atom is -0.439 e. The fraction of sp³-hybridized carbons (Fsp3) is 0.214.